The number of hydrogen-bond acceptors (Lipinski definition) is 5. The minimum Gasteiger partial charge on any atom is -0.467 e. The van der Waals surface area contributed by atoms with Crippen molar-refractivity contribution < 1.29 is 9.53 Å². The molecule has 1 unspecified atom stereocenters. The molecule has 1 aromatic rings. The van der Waals surface area contributed by atoms with Gasteiger partial charge in [-0.25, -0.2) is 14.8 Å². The first kappa shape index (κ1) is 13.8. The first-order valence-corrected chi connectivity index (χ1v) is 6.73. The summed E-state index contributed by atoms with van der Waals surface area (Å²) in [6, 6.07) is 1.75. The Bertz CT molecular complexity index is 474. The van der Waals surface area contributed by atoms with E-state index in [0.29, 0.717) is 11.9 Å². The molecule has 0 aromatic carbocycles. The van der Waals surface area contributed by atoms with Gasteiger partial charge in [0.05, 0.1) is 7.11 Å². The van der Waals surface area contributed by atoms with Gasteiger partial charge in [-0.3, -0.25) is 0 Å². The molecule has 0 spiro atoms. The molecule has 1 aromatic heterocycles. The summed E-state index contributed by atoms with van der Waals surface area (Å²) in [6.45, 7) is 6.97. The maximum Gasteiger partial charge on any atom is 0.328 e. The Morgan fingerprint density at radius 2 is 2.21 bits per heavy atom. The second-order valence-corrected chi connectivity index (χ2v) is 5.26. The third-order valence-corrected chi connectivity index (χ3v) is 3.44. The smallest absolute Gasteiger partial charge is 0.328 e. The number of methoxy groups -OCH3 is 1. The van der Waals surface area contributed by atoms with Crippen LogP contribution in [0.5, 0.6) is 0 Å². The number of esters is 1. The first-order chi connectivity index (χ1) is 9.02. The lowest BCUT2D eigenvalue weighted by Crippen LogP contribution is -2.38. The lowest BCUT2D eigenvalue weighted by Gasteiger charge is -2.23. The Morgan fingerprint density at radius 3 is 2.84 bits per heavy atom. The zero-order chi connectivity index (χ0) is 14.0. The highest BCUT2D eigenvalue weighted by Gasteiger charge is 2.33. The number of ether oxygens (including phenoxy) is 1. The van der Waals surface area contributed by atoms with E-state index in [2.05, 4.69) is 23.8 Å². The van der Waals surface area contributed by atoms with Crippen LogP contribution in [0.4, 0.5) is 5.95 Å². The van der Waals surface area contributed by atoms with E-state index in [4.69, 9.17) is 4.74 Å². The molecule has 2 heterocycles. The van der Waals surface area contributed by atoms with Gasteiger partial charge in [0.2, 0.25) is 5.95 Å². The van der Waals surface area contributed by atoms with Crippen molar-refractivity contribution in [2.24, 2.45) is 0 Å². The molecule has 0 aliphatic carbocycles. The number of carbonyl (C=O) groups is 1. The number of carbonyl (C=O) groups excluding carboxylic acids is 1. The molecule has 5 heteroatoms. The Balaban J connectivity index is 2.32. The van der Waals surface area contributed by atoms with Crippen molar-refractivity contribution in [2.75, 3.05) is 18.6 Å². The summed E-state index contributed by atoms with van der Waals surface area (Å²) >= 11 is 0. The van der Waals surface area contributed by atoms with Crippen LogP contribution >= 0.6 is 0 Å². The van der Waals surface area contributed by atoms with Gasteiger partial charge in [-0.1, -0.05) is 13.8 Å². The van der Waals surface area contributed by atoms with Gasteiger partial charge in [0.15, 0.2) is 0 Å². The zero-order valence-electron chi connectivity index (χ0n) is 12.0. The van der Waals surface area contributed by atoms with Gasteiger partial charge in [0, 0.05) is 17.9 Å². The van der Waals surface area contributed by atoms with Gasteiger partial charge in [-0.2, -0.15) is 0 Å². The molecule has 19 heavy (non-hydrogen) atoms. The Hall–Kier alpha value is -1.65. The third kappa shape index (κ3) is 2.85. The van der Waals surface area contributed by atoms with E-state index in [1.54, 1.807) is 0 Å². The molecular weight excluding hydrogens is 242 g/mol. The molecule has 1 aliphatic rings. The molecular formula is C14H21N3O2. The zero-order valence-corrected chi connectivity index (χ0v) is 12.0. The Kier molecular flexibility index (Phi) is 4.02. The largest absolute Gasteiger partial charge is 0.467 e. The lowest BCUT2D eigenvalue weighted by atomic mass is 10.1. The van der Waals surface area contributed by atoms with Crippen molar-refractivity contribution in [1.82, 2.24) is 9.97 Å². The molecule has 0 bridgehead atoms. The van der Waals surface area contributed by atoms with Crippen LogP contribution in [-0.2, 0) is 9.53 Å². The fourth-order valence-electron chi connectivity index (χ4n) is 2.39. The van der Waals surface area contributed by atoms with Gasteiger partial charge in [-0.15, -0.1) is 0 Å². The number of anilines is 1. The van der Waals surface area contributed by atoms with Gasteiger partial charge >= 0.3 is 5.97 Å². The minimum absolute atomic E-state index is 0.200. The highest BCUT2D eigenvalue weighted by Crippen LogP contribution is 2.25. The molecule has 1 aliphatic heterocycles. The van der Waals surface area contributed by atoms with Gasteiger partial charge < -0.3 is 9.64 Å². The van der Waals surface area contributed by atoms with E-state index in [-0.39, 0.29) is 12.0 Å². The van der Waals surface area contributed by atoms with Gasteiger partial charge in [0.25, 0.3) is 0 Å². The molecule has 0 saturated carbocycles. The number of nitrogens with zero attached hydrogens (tertiary/aromatic N) is 3. The van der Waals surface area contributed by atoms with Crippen LogP contribution in [0.25, 0.3) is 0 Å². The normalized spacial score (nSPS) is 19.0. The molecule has 1 fully saturated rings. The maximum atomic E-state index is 11.8. The van der Waals surface area contributed by atoms with E-state index >= 15 is 0 Å². The molecule has 2 rings (SSSR count). The summed E-state index contributed by atoms with van der Waals surface area (Å²) in [4.78, 5) is 22.8. The molecule has 0 radical (unpaired) electrons. The highest BCUT2D eigenvalue weighted by atomic mass is 16.5. The summed E-state index contributed by atoms with van der Waals surface area (Å²) in [5, 5.41) is 0. The SMILES string of the molecule is COC(=O)C1CCCN1c1nc(C)cc(C(C)C)n1. The molecule has 1 atom stereocenters. The predicted molar refractivity (Wildman–Crippen MR) is 73.2 cm³/mol. The topological polar surface area (TPSA) is 55.3 Å². The maximum absolute atomic E-state index is 11.8. The summed E-state index contributed by atoms with van der Waals surface area (Å²) in [5.41, 5.74) is 1.95. The summed E-state index contributed by atoms with van der Waals surface area (Å²) in [6.07, 6.45) is 1.77. The predicted octanol–water partition coefficient (Wildman–Crippen LogP) is 2.05. The van der Waals surface area contributed by atoms with Crippen molar-refractivity contribution in [1.29, 1.82) is 0 Å². The quantitative estimate of drug-likeness (QED) is 0.781. The molecule has 5 nitrogen and oxygen atoms in total. The van der Waals surface area contributed by atoms with Crippen LogP contribution in [0.2, 0.25) is 0 Å². The number of rotatable bonds is 3. The standard InChI is InChI=1S/C14H21N3O2/c1-9(2)11-8-10(3)15-14(16-11)17-7-5-6-12(17)13(18)19-4/h8-9,12H,5-7H2,1-4H3. The Morgan fingerprint density at radius 1 is 1.47 bits per heavy atom. The van der Waals surface area contributed by atoms with E-state index in [9.17, 15) is 4.79 Å². The third-order valence-electron chi connectivity index (χ3n) is 3.44. The lowest BCUT2D eigenvalue weighted by molar-refractivity contribution is -0.141. The molecule has 1 saturated heterocycles. The van der Waals surface area contributed by atoms with Crippen molar-refractivity contribution in [2.45, 2.75) is 45.6 Å². The van der Waals surface area contributed by atoms with Gasteiger partial charge in [-0.05, 0) is 31.7 Å². The van der Waals surface area contributed by atoms with Crippen molar-refractivity contribution in [3.05, 3.63) is 17.5 Å². The van der Waals surface area contributed by atoms with E-state index in [0.717, 1.165) is 30.8 Å². The van der Waals surface area contributed by atoms with Crippen LogP contribution < -0.4 is 4.90 Å². The van der Waals surface area contributed by atoms with Crippen LogP contribution in [0.1, 0.15) is 44.0 Å². The van der Waals surface area contributed by atoms with Gasteiger partial charge in [0.1, 0.15) is 6.04 Å². The van der Waals surface area contributed by atoms with E-state index < -0.39 is 0 Å². The summed E-state index contributed by atoms with van der Waals surface area (Å²) in [5.74, 6) is 0.796. The second-order valence-electron chi connectivity index (χ2n) is 5.26. The Labute approximate surface area is 114 Å². The van der Waals surface area contributed by atoms with Crippen LogP contribution in [-0.4, -0.2) is 35.6 Å². The number of aromatic nitrogens is 2. The number of hydrogen-bond donors (Lipinski definition) is 0. The molecule has 104 valence electrons. The summed E-state index contributed by atoms with van der Waals surface area (Å²) in [7, 11) is 1.43. The average Bonchev–Trinajstić information content (AvgIpc) is 2.86. The first-order valence-electron chi connectivity index (χ1n) is 6.73. The monoisotopic (exact) mass is 263 g/mol. The van der Waals surface area contributed by atoms with E-state index in [1.165, 1.54) is 7.11 Å². The fraction of sp³-hybridized carbons (Fsp3) is 0.643. The van der Waals surface area contributed by atoms with Crippen LogP contribution in [0.15, 0.2) is 6.07 Å². The second kappa shape index (κ2) is 5.55. The minimum atomic E-state index is -0.244. The van der Waals surface area contributed by atoms with Crippen molar-refractivity contribution in [3.63, 3.8) is 0 Å². The van der Waals surface area contributed by atoms with Crippen molar-refractivity contribution >= 4 is 11.9 Å². The number of aryl methyl sites for hydroxylation is 1. The highest BCUT2D eigenvalue weighted by molar-refractivity contribution is 5.79. The molecule has 0 N–H and O–H groups in total. The van der Waals surface area contributed by atoms with Crippen LogP contribution in [0.3, 0.4) is 0 Å². The van der Waals surface area contributed by atoms with E-state index in [1.807, 2.05) is 17.9 Å². The molecule has 0 amide bonds. The van der Waals surface area contributed by atoms with Crippen molar-refractivity contribution in [3.8, 4) is 0 Å². The average molecular weight is 263 g/mol. The fourth-order valence-corrected chi connectivity index (χ4v) is 2.39. The van der Waals surface area contributed by atoms with Crippen LogP contribution in [0, 0.1) is 6.92 Å². The summed E-state index contributed by atoms with van der Waals surface area (Å²) < 4.78 is 4.86.